The molecule has 1 aromatic heterocycles. The number of carboxylic acids is 1. The lowest BCUT2D eigenvalue weighted by Gasteiger charge is -2.27. The van der Waals surface area contributed by atoms with Crippen LogP contribution in [0.1, 0.15) is 45.8 Å². The van der Waals surface area contributed by atoms with Gasteiger partial charge in [-0.25, -0.2) is 4.79 Å². The lowest BCUT2D eigenvalue weighted by Crippen LogP contribution is -2.19. The first-order valence-electron chi connectivity index (χ1n) is 9.88. The minimum atomic E-state index is -0.934. The van der Waals surface area contributed by atoms with E-state index < -0.39 is 5.97 Å². The smallest absolute Gasteiger partial charge is 0.337 e. The number of rotatable bonds is 6. The number of carbonyl (C=O) groups is 1. The second kappa shape index (κ2) is 8.70. The molecule has 5 heteroatoms. The summed E-state index contributed by atoms with van der Waals surface area (Å²) >= 11 is 1.80. The fourth-order valence-corrected chi connectivity index (χ4v) is 4.94. The van der Waals surface area contributed by atoms with E-state index in [1.54, 1.807) is 18.0 Å². The number of aromatic nitrogens is 1. The summed E-state index contributed by atoms with van der Waals surface area (Å²) in [5.41, 5.74) is 4.90. The molecule has 1 atom stereocenters. The van der Waals surface area contributed by atoms with E-state index in [2.05, 4.69) is 59.7 Å². The maximum Gasteiger partial charge on any atom is 0.337 e. The minimum Gasteiger partial charge on any atom is -0.478 e. The van der Waals surface area contributed by atoms with E-state index in [9.17, 15) is 9.90 Å². The maximum atomic E-state index is 11.4. The largest absolute Gasteiger partial charge is 0.478 e. The first kappa shape index (κ1) is 19.5. The molecule has 1 aliphatic rings. The number of nitrogens with zero attached hydrogens (tertiary/aromatic N) is 1. The van der Waals surface area contributed by atoms with Gasteiger partial charge in [0.05, 0.1) is 17.4 Å². The summed E-state index contributed by atoms with van der Waals surface area (Å²) in [6.45, 7) is 2.83. The van der Waals surface area contributed by atoms with Gasteiger partial charge in [0.1, 0.15) is 0 Å². The SMILES string of the molecule is Cc1cccc(Sc2ccc3c(c2)CCC[C@H]3CNc2cnccc2C(=O)O)c1. The van der Waals surface area contributed by atoms with Crippen LogP contribution in [0.2, 0.25) is 0 Å². The maximum absolute atomic E-state index is 11.4. The highest BCUT2D eigenvalue weighted by atomic mass is 32.2. The Balaban J connectivity index is 1.49. The van der Waals surface area contributed by atoms with Gasteiger partial charge >= 0.3 is 5.97 Å². The summed E-state index contributed by atoms with van der Waals surface area (Å²) in [4.78, 5) is 18.0. The summed E-state index contributed by atoms with van der Waals surface area (Å²) in [6, 6.07) is 16.9. The zero-order valence-corrected chi connectivity index (χ0v) is 17.2. The molecular formula is C24H24N2O2S. The van der Waals surface area contributed by atoms with Gasteiger partial charge in [0.15, 0.2) is 0 Å². The van der Waals surface area contributed by atoms with E-state index in [4.69, 9.17) is 0 Å². The third-order valence-corrected chi connectivity index (χ3v) is 6.35. The Kier molecular flexibility index (Phi) is 5.86. The highest BCUT2D eigenvalue weighted by Gasteiger charge is 2.21. The van der Waals surface area contributed by atoms with Gasteiger partial charge in [0, 0.05) is 28.5 Å². The van der Waals surface area contributed by atoms with Crippen LogP contribution in [0.4, 0.5) is 5.69 Å². The van der Waals surface area contributed by atoms with E-state index in [1.165, 1.54) is 38.7 Å². The molecule has 1 heterocycles. The van der Waals surface area contributed by atoms with Crippen LogP contribution in [0.15, 0.2) is 70.7 Å². The molecule has 0 unspecified atom stereocenters. The molecule has 148 valence electrons. The number of pyridine rings is 1. The molecule has 0 fully saturated rings. The molecule has 0 bridgehead atoms. The van der Waals surface area contributed by atoms with Crippen LogP contribution in [0.5, 0.6) is 0 Å². The molecule has 3 aromatic rings. The van der Waals surface area contributed by atoms with Gasteiger partial charge in [-0.05, 0) is 67.6 Å². The first-order valence-corrected chi connectivity index (χ1v) is 10.7. The number of benzene rings is 2. The van der Waals surface area contributed by atoms with E-state index in [0.717, 1.165) is 19.3 Å². The number of hydrogen-bond donors (Lipinski definition) is 2. The molecule has 0 saturated heterocycles. The quantitative estimate of drug-likeness (QED) is 0.546. The van der Waals surface area contributed by atoms with Crippen LogP contribution in [-0.4, -0.2) is 22.6 Å². The Bertz CT molecular complexity index is 1030. The number of fused-ring (bicyclic) bond motifs is 1. The molecule has 0 amide bonds. The number of hydrogen-bond acceptors (Lipinski definition) is 4. The molecule has 0 spiro atoms. The topological polar surface area (TPSA) is 62.2 Å². The summed E-state index contributed by atoms with van der Waals surface area (Å²) in [5, 5.41) is 12.7. The standard InChI is InChI=1S/C24H24N2O2S/c1-16-4-2-7-19(12-16)29-20-8-9-21-17(13-20)5-3-6-18(21)14-26-23-15-25-11-10-22(23)24(27)28/h2,4,7-13,15,18,26H,3,5-6,14H2,1H3,(H,27,28)/t18-/m0/s1. The number of nitrogens with one attached hydrogen (secondary N) is 1. The fourth-order valence-electron chi connectivity index (χ4n) is 3.94. The van der Waals surface area contributed by atoms with Gasteiger partial charge in [0.25, 0.3) is 0 Å². The fraction of sp³-hybridized carbons (Fsp3) is 0.250. The normalized spacial score (nSPS) is 15.6. The minimum absolute atomic E-state index is 0.265. The number of aryl methyl sites for hydroxylation is 2. The molecule has 2 N–H and O–H groups in total. The van der Waals surface area contributed by atoms with Crippen molar-refractivity contribution in [2.24, 2.45) is 0 Å². The lowest BCUT2D eigenvalue weighted by molar-refractivity contribution is 0.0698. The van der Waals surface area contributed by atoms with Crippen molar-refractivity contribution in [2.75, 3.05) is 11.9 Å². The average Bonchev–Trinajstić information content (AvgIpc) is 2.72. The van der Waals surface area contributed by atoms with Gasteiger partial charge in [-0.2, -0.15) is 0 Å². The van der Waals surface area contributed by atoms with Crippen molar-refractivity contribution in [1.29, 1.82) is 0 Å². The van der Waals surface area contributed by atoms with Crippen molar-refractivity contribution in [1.82, 2.24) is 4.98 Å². The zero-order valence-electron chi connectivity index (χ0n) is 16.4. The van der Waals surface area contributed by atoms with Crippen molar-refractivity contribution >= 4 is 23.4 Å². The predicted molar refractivity (Wildman–Crippen MR) is 117 cm³/mol. The van der Waals surface area contributed by atoms with Crippen LogP contribution in [-0.2, 0) is 6.42 Å². The number of carboxylic acid groups (broad SMARTS) is 1. The van der Waals surface area contributed by atoms with Gasteiger partial charge < -0.3 is 10.4 Å². The molecule has 0 saturated carbocycles. The highest BCUT2D eigenvalue weighted by Crippen LogP contribution is 2.36. The second-order valence-electron chi connectivity index (χ2n) is 7.48. The van der Waals surface area contributed by atoms with Crippen molar-refractivity contribution < 1.29 is 9.90 Å². The Labute approximate surface area is 175 Å². The van der Waals surface area contributed by atoms with Crippen LogP contribution < -0.4 is 5.32 Å². The van der Waals surface area contributed by atoms with E-state index in [1.807, 2.05) is 0 Å². The molecule has 29 heavy (non-hydrogen) atoms. The van der Waals surface area contributed by atoms with Gasteiger partial charge in [-0.3, -0.25) is 4.98 Å². The summed E-state index contributed by atoms with van der Waals surface area (Å²) in [5.74, 6) is -0.560. The van der Waals surface area contributed by atoms with Crippen LogP contribution >= 0.6 is 11.8 Å². The van der Waals surface area contributed by atoms with E-state index >= 15 is 0 Å². The summed E-state index contributed by atoms with van der Waals surface area (Å²) in [6.07, 6.45) is 6.46. The van der Waals surface area contributed by atoms with Gasteiger partial charge in [0.2, 0.25) is 0 Å². The van der Waals surface area contributed by atoms with Crippen molar-refractivity contribution in [2.45, 2.75) is 41.9 Å². The highest BCUT2D eigenvalue weighted by molar-refractivity contribution is 7.99. The molecule has 4 rings (SSSR count). The average molecular weight is 405 g/mol. The molecule has 2 aromatic carbocycles. The molecule has 1 aliphatic carbocycles. The Hall–Kier alpha value is -2.79. The third kappa shape index (κ3) is 4.62. The van der Waals surface area contributed by atoms with Crippen molar-refractivity contribution in [3.05, 3.63) is 83.2 Å². The zero-order chi connectivity index (χ0) is 20.2. The number of aromatic carboxylic acids is 1. The van der Waals surface area contributed by atoms with Crippen LogP contribution in [0.3, 0.4) is 0 Å². The van der Waals surface area contributed by atoms with Crippen LogP contribution in [0, 0.1) is 6.92 Å². The lowest BCUT2D eigenvalue weighted by atomic mass is 9.83. The molecular weight excluding hydrogens is 380 g/mol. The Morgan fingerprint density at radius 3 is 2.90 bits per heavy atom. The molecule has 4 nitrogen and oxygen atoms in total. The van der Waals surface area contributed by atoms with Crippen LogP contribution in [0.25, 0.3) is 0 Å². The van der Waals surface area contributed by atoms with E-state index in [0.29, 0.717) is 18.2 Å². The van der Waals surface area contributed by atoms with Crippen molar-refractivity contribution in [3.63, 3.8) is 0 Å². The first-order chi connectivity index (χ1) is 14.1. The third-order valence-electron chi connectivity index (χ3n) is 5.37. The summed E-state index contributed by atoms with van der Waals surface area (Å²) < 4.78 is 0. The number of anilines is 1. The Morgan fingerprint density at radius 1 is 1.21 bits per heavy atom. The van der Waals surface area contributed by atoms with E-state index in [-0.39, 0.29) is 5.56 Å². The molecule has 0 aliphatic heterocycles. The van der Waals surface area contributed by atoms with Gasteiger partial charge in [-0.1, -0.05) is 35.5 Å². The summed E-state index contributed by atoms with van der Waals surface area (Å²) in [7, 11) is 0. The van der Waals surface area contributed by atoms with Crippen molar-refractivity contribution in [3.8, 4) is 0 Å². The van der Waals surface area contributed by atoms with Gasteiger partial charge in [-0.15, -0.1) is 0 Å². The molecule has 0 radical (unpaired) electrons. The monoisotopic (exact) mass is 404 g/mol. The second-order valence-corrected chi connectivity index (χ2v) is 8.62. The Morgan fingerprint density at radius 2 is 2.07 bits per heavy atom. The predicted octanol–water partition coefficient (Wildman–Crippen LogP) is 5.77.